The van der Waals surface area contributed by atoms with Crippen LogP contribution in [0.4, 0.5) is 0 Å². The van der Waals surface area contributed by atoms with Crippen LogP contribution >= 0.6 is 11.8 Å². The van der Waals surface area contributed by atoms with Crippen LogP contribution in [-0.2, 0) is 16.0 Å². The van der Waals surface area contributed by atoms with Gasteiger partial charge in [0.05, 0.1) is 13.5 Å². The van der Waals surface area contributed by atoms with E-state index < -0.39 is 17.2 Å². The largest absolute Gasteiger partial charge is 0.497 e. The highest BCUT2D eigenvalue weighted by molar-refractivity contribution is 8.01. The molecule has 0 aliphatic heterocycles. The predicted molar refractivity (Wildman–Crippen MR) is 77.4 cm³/mol. The number of carbonyl (C=O) groups is 2. The minimum absolute atomic E-state index is 0.0174. The van der Waals surface area contributed by atoms with E-state index in [-0.39, 0.29) is 11.7 Å². The highest BCUT2D eigenvalue weighted by Gasteiger charge is 2.24. The van der Waals surface area contributed by atoms with Crippen molar-refractivity contribution in [3.8, 4) is 5.75 Å². The van der Waals surface area contributed by atoms with E-state index in [0.29, 0.717) is 6.42 Å². The predicted octanol–water partition coefficient (Wildman–Crippen LogP) is 2.29. The lowest BCUT2D eigenvalue weighted by Crippen LogP contribution is -2.23. The fourth-order valence-electron chi connectivity index (χ4n) is 1.77. The van der Waals surface area contributed by atoms with Gasteiger partial charge in [0.25, 0.3) is 0 Å². The Morgan fingerprint density at radius 3 is 2.30 bits per heavy atom. The molecule has 0 unspecified atom stereocenters. The molecular weight excluding hydrogens is 280 g/mol. The maximum absolute atomic E-state index is 11.0. The summed E-state index contributed by atoms with van der Waals surface area (Å²) in [6, 6.07) is 7.53. The Hall–Kier alpha value is -1.69. The molecule has 0 saturated carbocycles. The van der Waals surface area contributed by atoms with Crippen LogP contribution in [0.5, 0.6) is 5.75 Å². The van der Waals surface area contributed by atoms with Crippen LogP contribution < -0.4 is 4.74 Å². The monoisotopic (exact) mass is 298 g/mol. The third kappa shape index (κ3) is 5.52. The van der Waals surface area contributed by atoms with E-state index in [1.165, 1.54) is 11.8 Å². The van der Waals surface area contributed by atoms with E-state index in [2.05, 4.69) is 0 Å². The Bertz CT molecular complexity index is 457. The number of aliphatic carboxylic acids is 2. The van der Waals surface area contributed by atoms with E-state index >= 15 is 0 Å². The Morgan fingerprint density at radius 1 is 1.25 bits per heavy atom. The molecule has 1 aromatic rings. The Labute approximate surface area is 121 Å². The third-order valence-corrected chi connectivity index (χ3v) is 4.04. The summed E-state index contributed by atoms with van der Waals surface area (Å²) in [4.78, 5) is 21.6. The van der Waals surface area contributed by atoms with Gasteiger partial charge in [-0.2, -0.15) is 0 Å². The Kier molecular flexibility index (Phi) is 6.38. The highest BCUT2D eigenvalue weighted by Crippen LogP contribution is 2.24. The Morgan fingerprint density at radius 2 is 1.85 bits per heavy atom. The summed E-state index contributed by atoms with van der Waals surface area (Å²) in [7, 11) is 1.59. The van der Waals surface area contributed by atoms with Gasteiger partial charge < -0.3 is 14.9 Å². The van der Waals surface area contributed by atoms with Gasteiger partial charge in [-0.25, -0.2) is 0 Å². The zero-order chi connectivity index (χ0) is 15.1. The molecule has 1 aromatic carbocycles. The lowest BCUT2D eigenvalue weighted by atomic mass is 10.1. The van der Waals surface area contributed by atoms with Gasteiger partial charge in [-0.15, -0.1) is 11.8 Å². The number of carboxylic acids is 2. The lowest BCUT2D eigenvalue weighted by Gasteiger charge is -2.16. The van der Waals surface area contributed by atoms with Crippen molar-refractivity contribution in [2.24, 2.45) is 0 Å². The summed E-state index contributed by atoms with van der Waals surface area (Å²) < 4.78 is 5.07. The van der Waals surface area contributed by atoms with Crippen molar-refractivity contribution in [2.45, 2.75) is 30.3 Å². The molecule has 0 heterocycles. The number of rotatable bonds is 8. The first-order chi connectivity index (χ1) is 9.42. The smallest absolute Gasteiger partial charge is 0.317 e. The Balaban J connectivity index is 2.57. The van der Waals surface area contributed by atoms with Gasteiger partial charge in [0.2, 0.25) is 0 Å². The van der Waals surface area contributed by atoms with Crippen LogP contribution in [0.1, 0.15) is 18.9 Å². The van der Waals surface area contributed by atoms with Crippen molar-refractivity contribution < 1.29 is 24.5 Å². The molecule has 20 heavy (non-hydrogen) atoms. The van der Waals surface area contributed by atoms with Gasteiger partial charge in [0.15, 0.2) is 0 Å². The van der Waals surface area contributed by atoms with Crippen LogP contribution in [0, 0.1) is 0 Å². The number of ether oxygens (including phenoxy) is 1. The van der Waals surface area contributed by atoms with Crippen LogP contribution in [0.2, 0.25) is 0 Å². The topological polar surface area (TPSA) is 83.8 Å². The maximum Gasteiger partial charge on any atom is 0.317 e. The number of carboxylic acid groups (broad SMARTS) is 2. The summed E-state index contributed by atoms with van der Waals surface area (Å²) in [6.07, 6.45) is 0.311. The number of benzene rings is 1. The summed E-state index contributed by atoms with van der Waals surface area (Å²) >= 11 is 1.17. The first-order valence-corrected chi connectivity index (χ1v) is 7.09. The molecule has 2 N–H and O–H groups in total. The molecule has 0 bridgehead atoms. The quantitative estimate of drug-likeness (QED) is 0.766. The van der Waals surface area contributed by atoms with Crippen LogP contribution in [0.25, 0.3) is 0 Å². The van der Waals surface area contributed by atoms with E-state index in [1.54, 1.807) is 7.11 Å². The first-order valence-electron chi connectivity index (χ1n) is 6.15. The molecular formula is C14H18O5S. The average molecular weight is 298 g/mol. The molecule has 0 amide bonds. The number of hydrogen-bond acceptors (Lipinski definition) is 4. The number of thioether (sulfide) groups is 1. The van der Waals surface area contributed by atoms with Crippen molar-refractivity contribution in [3.05, 3.63) is 29.8 Å². The second-order valence-corrected chi connectivity index (χ2v) is 6.07. The van der Waals surface area contributed by atoms with E-state index in [0.717, 1.165) is 11.3 Å². The van der Waals surface area contributed by atoms with Gasteiger partial charge in [-0.3, -0.25) is 9.59 Å². The normalized spacial score (nSPS) is 13.5. The molecule has 2 atom stereocenters. The van der Waals surface area contributed by atoms with Gasteiger partial charge in [0.1, 0.15) is 11.0 Å². The van der Waals surface area contributed by atoms with Crippen LogP contribution in [0.15, 0.2) is 24.3 Å². The number of hydrogen-bond donors (Lipinski definition) is 2. The van der Waals surface area contributed by atoms with Gasteiger partial charge in [-0.05, 0) is 24.1 Å². The first kappa shape index (κ1) is 16.4. The summed E-state index contributed by atoms with van der Waals surface area (Å²) in [6.45, 7) is 1.90. The fraction of sp³-hybridized carbons (Fsp3) is 0.429. The van der Waals surface area contributed by atoms with Crippen molar-refractivity contribution in [1.82, 2.24) is 0 Å². The summed E-state index contributed by atoms with van der Waals surface area (Å²) in [5.41, 5.74) is 1.06. The molecule has 0 spiro atoms. The van der Waals surface area contributed by atoms with Crippen LogP contribution in [-0.4, -0.2) is 39.8 Å². The SMILES string of the molecule is COc1ccc(C[C@H](C)S[C@H](CC(=O)O)C(=O)O)cc1. The molecule has 1 rings (SSSR count). The fourth-order valence-corrected chi connectivity index (χ4v) is 2.98. The molecule has 6 heteroatoms. The zero-order valence-electron chi connectivity index (χ0n) is 11.4. The lowest BCUT2D eigenvalue weighted by molar-refractivity contribution is -0.142. The molecule has 0 aromatic heterocycles. The van der Waals surface area contributed by atoms with Crippen LogP contribution in [0.3, 0.4) is 0 Å². The molecule has 0 saturated heterocycles. The second kappa shape index (κ2) is 7.79. The molecule has 0 radical (unpaired) electrons. The molecule has 110 valence electrons. The van der Waals surface area contributed by atoms with Gasteiger partial charge >= 0.3 is 11.9 Å². The zero-order valence-corrected chi connectivity index (χ0v) is 12.2. The minimum atomic E-state index is -1.10. The third-order valence-electron chi connectivity index (χ3n) is 2.71. The van der Waals surface area contributed by atoms with Gasteiger partial charge in [-0.1, -0.05) is 19.1 Å². The van der Waals surface area contributed by atoms with E-state index in [1.807, 2.05) is 31.2 Å². The van der Waals surface area contributed by atoms with E-state index in [4.69, 9.17) is 14.9 Å². The van der Waals surface area contributed by atoms with Gasteiger partial charge in [0, 0.05) is 5.25 Å². The average Bonchev–Trinajstić information content (AvgIpc) is 2.38. The van der Waals surface area contributed by atoms with Crippen molar-refractivity contribution >= 4 is 23.7 Å². The van der Waals surface area contributed by atoms with Crippen molar-refractivity contribution in [1.29, 1.82) is 0 Å². The molecule has 0 aliphatic carbocycles. The van der Waals surface area contributed by atoms with Crippen molar-refractivity contribution in [2.75, 3.05) is 7.11 Å². The minimum Gasteiger partial charge on any atom is -0.497 e. The van der Waals surface area contributed by atoms with E-state index in [9.17, 15) is 9.59 Å². The summed E-state index contributed by atoms with van der Waals surface area (Å²) in [5.74, 6) is -1.41. The molecule has 5 nitrogen and oxygen atoms in total. The summed E-state index contributed by atoms with van der Waals surface area (Å²) in [5, 5.41) is 16.8. The molecule has 0 fully saturated rings. The highest BCUT2D eigenvalue weighted by atomic mass is 32.2. The maximum atomic E-state index is 11.0. The standard InChI is InChI=1S/C14H18O5S/c1-9(20-12(14(17)18)8-13(15)16)7-10-3-5-11(19-2)6-4-10/h3-6,9,12H,7-8H2,1-2H3,(H,15,16)(H,17,18)/t9-,12+/m0/s1. The second-order valence-electron chi connectivity index (χ2n) is 4.42. The number of methoxy groups -OCH3 is 1. The molecule has 0 aliphatic rings. The van der Waals surface area contributed by atoms with Crippen molar-refractivity contribution in [3.63, 3.8) is 0 Å².